The van der Waals surface area contributed by atoms with Crippen LogP contribution in [-0.2, 0) is 17.9 Å². The maximum atomic E-state index is 5.63. The maximum Gasteiger partial charge on any atom is 0.191 e. The van der Waals surface area contributed by atoms with Crippen molar-refractivity contribution in [3.05, 3.63) is 53.9 Å². The number of aliphatic imine (C=N–C) groups is 1. The molecule has 1 aromatic heterocycles. The van der Waals surface area contributed by atoms with Crippen LogP contribution in [0, 0.1) is 6.92 Å². The van der Waals surface area contributed by atoms with E-state index in [4.69, 9.17) is 4.74 Å². The zero-order valence-electron chi connectivity index (χ0n) is 14.2. The molecule has 1 aromatic carbocycles. The summed E-state index contributed by atoms with van der Waals surface area (Å²) >= 11 is 0. The molecule has 0 aliphatic rings. The lowest BCUT2D eigenvalue weighted by Crippen LogP contribution is -2.40. The minimum absolute atomic E-state index is 0. The summed E-state index contributed by atoms with van der Waals surface area (Å²) in [4.78, 5) is 4.19. The van der Waals surface area contributed by atoms with Gasteiger partial charge in [-0.3, -0.25) is 9.67 Å². The average molecular weight is 443 g/mol. The van der Waals surface area contributed by atoms with Gasteiger partial charge in [-0.2, -0.15) is 5.10 Å². The lowest BCUT2D eigenvalue weighted by molar-refractivity contribution is 0.125. The molecular weight excluding hydrogens is 417 g/mol. The molecule has 0 saturated heterocycles. The van der Waals surface area contributed by atoms with Gasteiger partial charge in [0.2, 0.25) is 0 Å². The van der Waals surface area contributed by atoms with Crippen molar-refractivity contribution in [3.8, 4) is 0 Å². The Balaban J connectivity index is 0.00000288. The van der Waals surface area contributed by atoms with E-state index < -0.39 is 0 Å². The van der Waals surface area contributed by atoms with Gasteiger partial charge in [0.05, 0.1) is 26.0 Å². The highest BCUT2D eigenvalue weighted by atomic mass is 127. The molecular formula is C17H26IN5O. The van der Waals surface area contributed by atoms with Crippen molar-refractivity contribution in [2.45, 2.75) is 20.1 Å². The molecule has 0 unspecified atom stereocenters. The van der Waals surface area contributed by atoms with E-state index in [2.05, 4.69) is 32.9 Å². The van der Waals surface area contributed by atoms with Crippen molar-refractivity contribution in [2.24, 2.45) is 4.99 Å². The van der Waals surface area contributed by atoms with Gasteiger partial charge < -0.3 is 15.4 Å². The first-order valence-electron chi connectivity index (χ1n) is 7.83. The van der Waals surface area contributed by atoms with Crippen molar-refractivity contribution in [1.82, 2.24) is 20.4 Å². The van der Waals surface area contributed by atoms with Gasteiger partial charge >= 0.3 is 0 Å². The van der Waals surface area contributed by atoms with Crippen LogP contribution in [0.3, 0.4) is 0 Å². The van der Waals surface area contributed by atoms with Crippen LogP contribution in [0.4, 0.5) is 0 Å². The molecule has 2 aromatic rings. The van der Waals surface area contributed by atoms with Gasteiger partial charge in [-0.1, -0.05) is 30.3 Å². The third-order valence-corrected chi connectivity index (χ3v) is 3.27. The summed E-state index contributed by atoms with van der Waals surface area (Å²) in [6.45, 7) is 5.59. The lowest BCUT2D eigenvalue weighted by atomic mass is 10.2. The fourth-order valence-electron chi connectivity index (χ4n) is 2.10. The Labute approximate surface area is 160 Å². The standard InChI is InChI=1S/C17H25N5O.HI/c1-15-12-21-22(13-15)10-8-19-17(18-2)20-9-11-23-14-16-6-4-3-5-7-16;/h3-7,12-13H,8-11,14H2,1-2H3,(H2,18,19,20);1H. The number of nitrogens with zero attached hydrogens (tertiary/aromatic N) is 3. The van der Waals surface area contributed by atoms with Crippen LogP contribution < -0.4 is 10.6 Å². The molecule has 0 atom stereocenters. The second-order valence-electron chi connectivity index (χ2n) is 5.24. The Bertz CT molecular complexity index is 600. The minimum atomic E-state index is 0. The highest BCUT2D eigenvalue weighted by molar-refractivity contribution is 14.0. The van der Waals surface area contributed by atoms with E-state index in [0.29, 0.717) is 19.8 Å². The zero-order valence-corrected chi connectivity index (χ0v) is 16.6. The molecule has 0 aliphatic heterocycles. The van der Waals surface area contributed by atoms with Crippen LogP contribution in [0.5, 0.6) is 0 Å². The van der Waals surface area contributed by atoms with Crippen LogP contribution in [0.25, 0.3) is 0 Å². The van der Waals surface area contributed by atoms with Gasteiger partial charge in [-0.05, 0) is 18.1 Å². The first-order valence-corrected chi connectivity index (χ1v) is 7.83. The Morgan fingerprint density at radius 3 is 2.62 bits per heavy atom. The van der Waals surface area contributed by atoms with Crippen LogP contribution in [0.1, 0.15) is 11.1 Å². The molecule has 1 heterocycles. The fraction of sp³-hybridized carbons (Fsp3) is 0.412. The second-order valence-corrected chi connectivity index (χ2v) is 5.24. The number of aromatic nitrogens is 2. The second kappa shape index (κ2) is 11.9. The van der Waals surface area contributed by atoms with Crippen molar-refractivity contribution < 1.29 is 4.74 Å². The SMILES string of the molecule is CN=C(NCCOCc1ccccc1)NCCn1cc(C)cn1.I. The van der Waals surface area contributed by atoms with Gasteiger partial charge in [-0.15, -0.1) is 24.0 Å². The van der Waals surface area contributed by atoms with E-state index in [-0.39, 0.29) is 24.0 Å². The average Bonchev–Trinajstić information content (AvgIpc) is 2.99. The molecule has 2 N–H and O–H groups in total. The number of benzene rings is 1. The van der Waals surface area contributed by atoms with E-state index >= 15 is 0 Å². The highest BCUT2D eigenvalue weighted by Crippen LogP contribution is 1.99. The molecule has 0 radical (unpaired) electrons. The monoisotopic (exact) mass is 443 g/mol. The minimum Gasteiger partial charge on any atom is -0.375 e. The summed E-state index contributed by atoms with van der Waals surface area (Å²) in [6.07, 6.45) is 3.88. The molecule has 0 bridgehead atoms. The number of ether oxygens (including phenoxy) is 1. The molecule has 0 saturated carbocycles. The molecule has 2 rings (SSSR count). The largest absolute Gasteiger partial charge is 0.375 e. The molecule has 0 fully saturated rings. The molecule has 0 amide bonds. The Morgan fingerprint density at radius 2 is 1.96 bits per heavy atom. The maximum absolute atomic E-state index is 5.63. The van der Waals surface area contributed by atoms with E-state index in [1.807, 2.05) is 42.2 Å². The Morgan fingerprint density at radius 1 is 1.21 bits per heavy atom. The smallest absolute Gasteiger partial charge is 0.191 e. The van der Waals surface area contributed by atoms with Crippen molar-refractivity contribution in [1.29, 1.82) is 0 Å². The van der Waals surface area contributed by atoms with Gasteiger partial charge in [-0.25, -0.2) is 0 Å². The van der Waals surface area contributed by atoms with Crippen LogP contribution in [0.15, 0.2) is 47.7 Å². The Kier molecular flexibility index (Phi) is 10.1. The molecule has 6 nitrogen and oxygen atoms in total. The number of hydrogen-bond donors (Lipinski definition) is 2. The number of hydrogen-bond acceptors (Lipinski definition) is 3. The molecule has 24 heavy (non-hydrogen) atoms. The number of nitrogens with one attached hydrogen (secondary N) is 2. The molecule has 132 valence electrons. The number of aryl methyl sites for hydroxylation is 1. The van der Waals surface area contributed by atoms with E-state index in [9.17, 15) is 0 Å². The highest BCUT2D eigenvalue weighted by Gasteiger charge is 1.98. The number of rotatable bonds is 8. The summed E-state index contributed by atoms with van der Waals surface area (Å²) in [6, 6.07) is 10.2. The van der Waals surface area contributed by atoms with Crippen molar-refractivity contribution >= 4 is 29.9 Å². The van der Waals surface area contributed by atoms with Gasteiger partial charge in [0, 0.05) is 26.3 Å². The quantitative estimate of drug-likeness (QED) is 0.284. The van der Waals surface area contributed by atoms with E-state index in [0.717, 1.165) is 19.0 Å². The van der Waals surface area contributed by atoms with Crippen LogP contribution in [0.2, 0.25) is 0 Å². The summed E-state index contributed by atoms with van der Waals surface area (Å²) in [5.41, 5.74) is 2.35. The summed E-state index contributed by atoms with van der Waals surface area (Å²) in [5, 5.41) is 10.7. The van der Waals surface area contributed by atoms with E-state index in [1.165, 1.54) is 11.1 Å². The number of halogens is 1. The predicted molar refractivity (Wildman–Crippen MR) is 108 cm³/mol. The normalized spacial score (nSPS) is 11.0. The van der Waals surface area contributed by atoms with Crippen molar-refractivity contribution in [2.75, 3.05) is 26.7 Å². The van der Waals surface area contributed by atoms with Crippen molar-refractivity contribution in [3.63, 3.8) is 0 Å². The lowest BCUT2D eigenvalue weighted by Gasteiger charge is -2.12. The third kappa shape index (κ3) is 7.78. The first-order chi connectivity index (χ1) is 11.3. The first kappa shape index (κ1) is 20.4. The van der Waals surface area contributed by atoms with Crippen LogP contribution >= 0.6 is 24.0 Å². The van der Waals surface area contributed by atoms with Crippen LogP contribution in [-0.4, -0.2) is 42.5 Å². The summed E-state index contributed by atoms with van der Waals surface area (Å²) < 4.78 is 7.55. The summed E-state index contributed by atoms with van der Waals surface area (Å²) in [5.74, 6) is 0.775. The summed E-state index contributed by atoms with van der Waals surface area (Å²) in [7, 11) is 1.76. The van der Waals surface area contributed by atoms with Gasteiger partial charge in [0.15, 0.2) is 5.96 Å². The topological polar surface area (TPSA) is 63.5 Å². The Hall–Kier alpha value is -1.61. The van der Waals surface area contributed by atoms with Gasteiger partial charge in [0.1, 0.15) is 0 Å². The number of guanidine groups is 1. The molecule has 0 spiro atoms. The van der Waals surface area contributed by atoms with Gasteiger partial charge in [0.25, 0.3) is 0 Å². The predicted octanol–water partition coefficient (Wildman–Crippen LogP) is 2.19. The molecule has 0 aliphatic carbocycles. The fourth-order valence-corrected chi connectivity index (χ4v) is 2.10. The third-order valence-electron chi connectivity index (χ3n) is 3.27. The van der Waals surface area contributed by atoms with E-state index in [1.54, 1.807) is 7.05 Å². The zero-order chi connectivity index (χ0) is 16.3. The molecule has 7 heteroatoms.